The first-order chi connectivity index (χ1) is 11.4. The van der Waals surface area contributed by atoms with Gasteiger partial charge in [0.2, 0.25) is 11.8 Å². The second-order valence-corrected chi connectivity index (χ2v) is 5.67. The van der Waals surface area contributed by atoms with Gasteiger partial charge in [0.1, 0.15) is 0 Å². The van der Waals surface area contributed by atoms with E-state index in [-0.39, 0.29) is 41.4 Å². The van der Waals surface area contributed by atoms with Crippen LogP contribution in [0.2, 0.25) is 0 Å². The molecule has 9 nitrogen and oxygen atoms in total. The molecule has 0 saturated heterocycles. The third-order valence-corrected chi connectivity index (χ3v) is 3.56. The predicted octanol–water partition coefficient (Wildman–Crippen LogP) is -0.780. The van der Waals surface area contributed by atoms with Crippen LogP contribution in [0.15, 0.2) is 16.0 Å². The van der Waals surface area contributed by atoms with Gasteiger partial charge in [0, 0.05) is 12.6 Å². The van der Waals surface area contributed by atoms with E-state index in [0.29, 0.717) is 6.54 Å². The van der Waals surface area contributed by atoms with Gasteiger partial charge < -0.3 is 20.4 Å². The van der Waals surface area contributed by atoms with Gasteiger partial charge in [0.25, 0.3) is 5.56 Å². The Morgan fingerprint density at radius 1 is 1.29 bits per heavy atom. The highest BCUT2D eigenvalue weighted by Crippen LogP contribution is 2.11. The Kier molecular flexibility index (Phi) is 8.55. The average molecular weight is 356 g/mol. The molecule has 0 bridgehead atoms. The molecule has 0 fully saturated rings. The Bertz CT molecular complexity index is 646. The highest BCUT2D eigenvalue weighted by atomic mass is 32.2. The van der Waals surface area contributed by atoms with Crippen LogP contribution in [0.3, 0.4) is 0 Å². The number of aromatic amines is 1. The number of hydrogen-bond donors (Lipinski definition) is 3. The van der Waals surface area contributed by atoms with Crippen molar-refractivity contribution >= 4 is 29.5 Å². The van der Waals surface area contributed by atoms with Gasteiger partial charge in [0.15, 0.2) is 5.16 Å². The Balaban J connectivity index is 2.48. The van der Waals surface area contributed by atoms with Gasteiger partial charge in [-0.15, -0.1) is 0 Å². The Morgan fingerprint density at radius 2 is 2.04 bits per heavy atom. The largest absolute Gasteiger partial charge is 0.469 e. The number of methoxy groups -OCH3 is 1. The topological polar surface area (TPSA) is 130 Å². The van der Waals surface area contributed by atoms with Crippen LogP contribution < -0.4 is 16.2 Å². The molecule has 0 spiro atoms. The lowest BCUT2D eigenvalue weighted by atomic mass is 10.3. The van der Waals surface area contributed by atoms with Gasteiger partial charge in [0.05, 0.1) is 31.5 Å². The van der Waals surface area contributed by atoms with E-state index in [1.165, 1.54) is 13.2 Å². The molecule has 132 valence electrons. The fraction of sp³-hybridized carbons (Fsp3) is 0.500. The van der Waals surface area contributed by atoms with E-state index in [1.54, 1.807) is 0 Å². The maximum absolute atomic E-state index is 11.7. The number of amides is 2. The maximum Gasteiger partial charge on any atom is 0.311 e. The fourth-order valence-electron chi connectivity index (χ4n) is 1.55. The van der Waals surface area contributed by atoms with Crippen molar-refractivity contribution in [3.8, 4) is 0 Å². The molecular formula is C14H20N4O5S. The quantitative estimate of drug-likeness (QED) is 0.300. The summed E-state index contributed by atoms with van der Waals surface area (Å²) in [6.45, 7) is 2.38. The van der Waals surface area contributed by atoms with Crippen LogP contribution >= 0.6 is 11.8 Å². The molecule has 0 aromatic carbocycles. The van der Waals surface area contributed by atoms with E-state index in [2.05, 4.69) is 25.3 Å². The van der Waals surface area contributed by atoms with Crippen LogP contribution in [0.25, 0.3) is 0 Å². The maximum atomic E-state index is 11.7. The average Bonchev–Trinajstić information content (AvgIpc) is 2.55. The normalized spacial score (nSPS) is 10.1. The van der Waals surface area contributed by atoms with Gasteiger partial charge >= 0.3 is 5.97 Å². The molecule has 0 radical (unpaired) electrons. The molecule has 1 rings (SSSR count). The Labute approximate surface area is 143 Å². The van der Waals surface area contributed by atoms with Crippen molar-refractivity contribution in [1.29, 1.82) is 0 Å². The van der Waals surface area contributed by atoms with Gasteiger partial charge in [-0.05, 0) is 6.42 Å². The Hall–Kier alpha value is -2.36. The minimum atomic E-state index is -0.514. The Morgan fingerprint density at radius 3 is 2.71 bits per heavy atom. The van der Waals surface area contributed by atoms with Crippen molar-refractivity contribution in [1.82, 2.24) is 20.6 Å². The standard InChI is InChI=1S/C14H20N4O5S/c1-3-4-15-11(20)7-16-12(21)8-24-14-17-9(5-10(19)18-14)6-13(22)23-2/h5H,3-4,6-8H2,1-2H3,(H,15,20)(H,16,21)(H,17,18,19). The second-order valence-electron chi connectivity index (χ2n) is 4.71. The number of rotatable bonds is 9. The predicted molar refractivity (Wildman–Crippen MR) is 87.6 cm³/mol. The molecular weight excluding hydrogens is 336 g/mol. The van der Waals surface area contributed by atoms with Crippen LogP contribution in [0.4, 0.5) is 0 Å². The molecule has 0 saturated carbocycles. The number of carbonyl (C=O) groups is 3. The van der Waals surface area contributed by atoms with Crippen LogP contribution in [0.5, 0.6) is 0 Å². The molecule has 0 aliphatic rings. The van der Waals surface area contributed by atoms with Crippen LogP contribution in [0.1, 0.15) is 19.0 Å². The SMILES string of the molecule is CCCNC(=O)CNC(=O)CSc1nc(CC(=O)OC)cc(=O)[nH]1. The minimum Gasteiger partial charge on any atom is -0.469 e. The zero-order valence-corrected chi connectivity index (χ0v) is 14.3. The molecule has 1 aromatic rings. The van der Waals surface area contributed by atoms with E-state index in [1.807, 2.05) is 6.92 Å². The number of nitrogens with one attached hydrogen (secondary N) is 3. The molecule has 0 aliphatic carbocycles. The summed E-state index contributed by atoms with van der Waals surface area (Å²) in [5.74, 6) is -1.17. The van der Waals surface area contributed by atoms with Crippen molar-refractivity contribution in [2.75, 3.05) is 26.0 Å². The molecule has 0 unspecified atom stereocenters. The first-order valence-corrected chi connectivity index (χ1v) is 8.26. The monoisotopic (exact) mass is 356 g/mol. The first kappa shape index (κ1) is 19.7. The van der Waals surface area contributed by atoms with Crippen molar-refractivity contribution in [2.24, 2.45) is 0 Å². The molecule has 1 aromatic heterocycles. The lowest BCUT2D eigenvalue weighted by molar-refractivity contribution is -0.139. The highest BCUT2D eigenvalue weighted by molar-refractivity contribution is 7.99. The number of esters is 1. The number of carbonyl (C=O) groups excluding carboxylic acids is 3. The lowest BCUT2D eigenvalue weighted by Gasteiger charge is -2.06. The van der Waals surface area contributed by atoms with Gasteiger partial charge in [-0.2, -0.15) is 0 Å². The van der Waals surface area contributed by atoms with E-state index in [4.69, 9.17) is 0 Å². The second kappa shape index (κ2) is 10.4. The van der Waals surface area contributed by atoms with E-state index in [0.717, 1.165) is 18.2 Å². The van der Waals surface area contributed by atoms with Crippen LogP contribution in [-0.2, 0) is 25.5 Å². The number of H-pyrrole nitrogens is 1. The van der Waals surface area contributed by atoms with Crippen LogP contribution in [0, 0.1) is 0 Å². The third kappa shape index (κ3) is 7.77. The molecule has 0 atom stereocenters. The van der Waals surface area contributed by atoms with Crippen molar-refractivity contribution in [2.45, 2.75) is 24.9 Å². The summed E-state index contributed by atoms with van der Waals surface area (Å²) < 4.78 is 4.51. The number of ether oxygens (including phenoxy) is 1. The number of nitrogens with zero attached hydrogens (tertiary/aromatic N) is 1. The molecule has 2 amide bonds. The lowest BCUT2D eigenvalue weighted by Crippen LogP contribution is -2.37. The van der Waals surface area contributed by atoms with Gasteiger partial charge in [-0.25, -0.2) is 4.98 Å². The number of thioether (sulfide) groups is 1. The highest BCUT2D eigenvalue weighted by Gasteiger charge is 2.10. The summed E-state index contributed by atoms with van der Waals surface area (Å²) in [6.07, 6.45) is 0.689. The van der Waals surface area contributed by atoms with Crippen molar-refractivity contribution < 1.29 is 19.1 Å². The summed E-state index contributed by atoms with van der Waals surface area (Å²) in [5.41, 5.74) is -0.168. The summed E-state index contributed by atoms with van der Waals surface area (Å²) in [4.78, 5) is 52.3. The number of hydrogen-bond acceptors (Lipinski definition) is 7. The smallest absolute Gasteiger partial charge is 0.311 e. The van der Waals surface area contributed by atoms with Crippen LogP contribution in [-0.4, -0.2) is 53.7 Å². The molecule has 0 aliphatic heterocycles. The van der Waals surface area contributed by atoms with Gasteiger partial charge in [-0.3, -0.25) is 19.2 Å². The van der Waals surface area contributed by atoms with Crippen molar-refractivity contribution in [3.63, 3.8) is 0 Å². The number of aromatic nitrogens is 2. The van der Waals surface area contributed by atoms with E-state index in [9.17, 15) is 19.2 Å². The summed E-state index contributed by atoms with van der Waals surface area (Å²) >= 11 is 0.999. The fourth-order valence-corrected chi connectivity index (χ4v) is 2.28. The molecule has 24 heavy (non-hydrogen) atoms. The first-order valence-electron chi connectivity index (χ1n) is 7.27. The minimum absolute atomic E-state index is 0.0221. The third-order valence-electron chi connectivity index (χ3n) is 2.68. The molecule has 10 heteroatoms. The summed E-state index contributed by atoms with van der Waals surface area (Å²) in [6, 6.07) is 1.19. The zero-order chi connectivity index (χ0) is 17.9. The van der Waals surface area contributed by atoms with E-state index < -0.39 is 11.5 Å². The van der Waals surface area contributed by atoms with Gasteiger partial charge in [-0.1, -0.05) is 18.7 Å². The summed E-state index contributed by atoms with van der Waals surface area (Å²) in [5, 5.41) is 5.32. The van der Waals surface area contributed by atoms with E-state index >= 15 is 0 Å². The van der Waals surface area contributed by atoms with Crippen molar-refractivity contribution in [3.05, 3.63) is 22.1 Å². The zero-order valence-electron chi connectivity index (χ0n) is 13.5. The molecule has 1 heterocycles. The molecule has 3 N–H and O–H groups in total. The summed E-state index contributed by atoms with van der Waals surface area (Å²) in [7, 11) is 1.24.